The van der Waals surface area contributed by atoms with Crippen LogP contribution in [0.1, 0.15) is 36.4 Å². The number of aromatic nitrogens is 2. The van der Waals surface area contributed by atoms with Crippen molar-refractivity contribution in [1.82, 2.24) is 9.78 Å². The van der Waals surface area contributed by atoms with E-state index in [9.17, 15) is 4.39 Å². The molecule has 0 aliphatic rings. The molecule has 2 aromatic rings. The van der Waals surface area contributed by atoms with Gasteiger partial charge in [0.25, 0.3) is 0 Å². The fourth-order valence-electron chi connectivity index (χ4n) is 2.36. The van der Waals surface area contributed by atoms with E-state index in [1.165, 1.54) is 6.07 Å². The molecule has 2 rings (SSSR count). The minimum Gasteiger partial charge on any atom is -0.265 e. The molecule has 5 heteroatoms. The van der Waals surface area contributed by atoms with Crippen LogP contribution in [0.25, 0.3) is 0 Å². The van der Waals surface area contributed by atoms with Gasteiger partial charge in [-0.3, -0.25) is 4.68 Å². The molecule has 0 saturated heterocycles. The second kappa shape index (κ2) is 6.72. The third-order valence-corrected chi connectivity index (χ3v) is 4.24. The normalized spacial score (nSPS) is 11.1. The first kappa shape index (κ1) is 15.5. The van der Waals surface area contributed by atoms with Crippen LogP contribution in [0.4, 0.5) is 4.39 Å². The molecule has 0 unspecified atom stereocenters. The molecule has 0 fully saturated rings. The van der Waals surface area contributed by atoms with E-state index in [0.717, 1.165) is 35.4 Å². The van der Waals surface area contributed by atoms with Crippen LogP contribution in [0, 0.1) is 5.82 Å². The molecule has 0 atom stereocenters. The van der Waals surface area contributed by atoms with Gasteiger partial charge in [-0.25, -0.2) is 4.39 Å². The summed E-state index contributed by atoms with van der Waals surface area (Å²) in [5.74, 6) is 0.236. The predicted octanol–water partition coefficient (Wildman–Crippen LogP) is 4.70. The highest BCUT2D eigenvalue weighted by Gasteiger charge is 2.15. The van der Waals surface area contributed by atoms with E-state index < -0.39 is 0 Å². The van der Waals surface area contributed by atoms with E-state index >= 15 is 0 Å². The number of rotatable bonds is 5. The van der Waals surface area contributed by atoms with Crippen molar-refractivity contribution in [2.45, 2.75) is 39.1 Å². The Morgan fingerprint density at radius 1 is 1.30 bits per heavy atom. The van der Waals surface area contributed by atoms with Crippen LogP contribution in [-0.2, 0) is 25.3 Å². The van der Waals surface area contributed by atoms with Crippen molar-refractivity contribution in [2.75, 3.05) is 0 Å². The fourth-order valence-corrected chi connectivity index (χ4v) is 3.10. The standard InChI is InChI=1S/C15H17BrClFN2/c1-3-14-11(8-17)15(4-2)20(19-14)9-10-5-6-13(18)12(16)7-10/h5-7H,3-4,8-9H2,1-2H3. The van der Waals surface area contributed by atoms with Crippen LogP contribution in [0.3, 0.4) is 0 Å². The van der Waals surface area contributed by atoms with Crippen molar-refractivity contribution in [3.63, 3.8) is 0 Å². The van der Waals surface area contributed by atoms with Crippen molar-refractivity contribution < 1.29 is 4.39 Å². The van der Waals surface area contributed by atoms with Gasteiger partial charge in [-0.05, 0) is 46.5 Å². The third-order valence-electron chi connectivity index (χ3n) is 3.37. The number of nitrogens with zero attached hydrogens (tertiary/aromatic N) is 2. The molecule has 108 valence electrons. The summed E-state index contributed by atoms with van der Waals surface area (Å²) >= 11 is 9.26. The number of hydrogen-bond acceptors (Lipinski definition) is 1. The number of benzene rings is 1. The molecule has 2 nitrogen and oxygen atoms in total. The predicted molar refractivity (Wildman–Crippen MR) is 83.7 cm³/mol. The number of halogens is 3. The van der Waals surface area contributed by atoms with Gasteiger partial charge in [-0.2, -0.15) is 5.10 Å². The van der Waals surface area contributed by atoms with E-state index in [1.54, 1.807) is 12.1 Å². The lowest BCUT2D eigenvalue weighted by atomic mass is 10.1. The fraction of sp³-hybridized carbons (Fsp3) is 0.400. The van der Waals surface area contributed by atoms with Crippen molar-refractivity contribution in [3.05, 3.63) is 51.0 Å². The molecule has 0 N–H and O–H groups in total. The second-order valence-electron chi connectivity index (χ2n) is 4.62. The van der Waals surface area contributed by atoms with Crippen LogP contribution in [0.5, 0.6) is 0 Å². The highest BCUT2D eigenvalue weighted by molar-refractivity contribution is 9.10. The summed E-state index contributed by atoms with van der Waals surface area (Å²) in [5, 5.41) is 4.64. The van der Waals surface area contributed by atoms with Gasteiger partial charge in [-0.1, -0.05) is 19.9 Å². The van der Waals surface area contributed by atoms with Gasteiger partial charge in [0, 0.05) is 11.3 Å². The number of alkyl halides is 1. The molecule has 0 radical (unpaired) electrons. The highest BCUT2D eigenvalue weighted by Crippen LogP contribution is 2.21. The van der Waals surface area contributed by atoms with Gasteiger partial charge >= 0.3 is 0 Å². The van der Waals surface area contributed by atoms with Crippen LogP contribution < -0.4 is 0 Å². The lowest BCUT2D eigenvalue weighted by Crippen LogP contribution is -2.06. The first-order valence-electron chi connectivity index (χ1n) is 6.68. The Bertz CT molecular complexity index is 610. The second-order valence-corrected chi connectivity index (χ2v) is 5.74. The highest BCUT2D eigenvalue weighted by atomic mass is 79.9. The Morgan fingerprint density at radius 2 is 2.05 bits per heavy atom. The van der Waals surface area contributed by atoms with Gasteiger partial charge < -0.3 is 0 Å². The average Bonchev–Trinajstić information content (AvgIpc) is 2.79. The summed E-state index contributed by atoms with van der Waals surface area (Å²) in [5.41, 5.74) is 4.37. The molecule has 0 spiro atoms. The number of aryl methyl sites for hydroxylation is 1. The smallest absolute Gasteiger partial charge is 0.137 e. The topological polar surface area (TPSA) is 17.8 Å². The van der Waals surface area contributed by atoms with E-state index in [2.05, 4.69) is 34.9 Å². The maximum atomic E-state index is 13.3. The number of hydrogen-bond donors (Lipinski definition) is 0. The lowest BCUT2D eigenvalue weighted by molar-refractivity contribution is 0.613. The Balaban J connectivity index is 2.37. The summed E-state index contributed by atoms with van der Waals surface area (Å²) in [6.07, 6.45) is 1.76. The maximum absolute atomic E-state index is 13.3. The summed E-state index contributed by atoms with van der Waals surface area (Å²) < 4.78 is 15.7. The molecule has 1 aromatic heterocycles. The van der Waals surface area contributed by atoms with Crippen molar-refractivity contribution >= 4 is 27.5 Å². The molecule has 0 aliphatic heterocycles. The zero-order valence-electron chi connectivity index (χ0n) is 11.6. The summed E-state index contributed by atoms with van der Waals surface area (Å²) in [7, 11) is 0. The minimum atomic E-state index is -0.249. The lowest BCUT2D eigenvalue weighted by Gasteiger charge is -2.08. The third kappa shape index (κ3) is 3.07. The molecular weight excluding hydrogens is 343 g/mol. The molecule has 0 amide bonds. The van der Waals surface area contributed by atoms with Gasteiger partial charge in [0.2, 0.25) is 0 Å². The van der Waals surface area contributed by atoms with Gasteiger partial charge in [0.05, 0.1) is 22.6 Å². The Morgan fingerprint density at radius 3 is 2.60 bits per heavy atom. The van der Waals surface area contributed by atoms with E-state index in [-0.39, 0.29) is 5.82 Å². The van der Waals surface area contributed by atoms with Gasteiger partial charge in [0.1, 0.15) is 5.82 Å². The summed E-state index contributed by atoms with van der Waals surface area (Å²) in [6, 6.07) is 5.05. The van der Waals surface area contributed by atoms with E-state index in [1.807, 2.05) is 4.68 Å². The maximum Gasteiger partial charge on any atom is 0.137 e. The molecule has 1 heterocycles. The molecule has 1 aromatic carbocycles. The first-order chi connectivity index (χ1) is 9.60. The van der Waals surface area contributed by atoms with Crippen LogP contribution in [0.2, 0.25) is 0 Å². The largest absolute Gasteiger partial charge is 0.265 e. The Hall–Kier alpha value is -0.870. The molecule has 0 saturated carbocycles. The minimum absolute atomic E-state index is 0.249. The molecule has 20 heavy (non-hydrogen) atoms. The van der Waals surface area contributed by atoms with Crippen LogP contribution in [0.15, 0.2) is 22.7 Å². The Labute approximate surface area is 132 Å². The van der Waals surface area contributed by atoms with Gasteiger partial charge in [-0.15, -0.1) is 11.6 Å². The first-order valence-corrected chi connectivity index (χ1v) is 8.00. The quantitative estimate of drug-likeness (QED) is 0.708. The monoisotopic (exact) mass is 358 g/mol. The molecular formula is C15H17BrClFN2. The zero-order chi connectivity index (χ0) is 14.7. The SMILES string of the molecule is CCc1nn(Cc2ccc(F)c(Br)c2)c(CC)c1CCl. The Kier molecular flexibility index (Phi) is 5.22. The van der Waals surface area contributed by atoms with Crippen molar-refractivity contribution in [1.29, 1.82) is 0 Å². The van der Waals surface area contributed by atoms with Crippen LogP contribution >= 0.6 is 27.5 Å². The van der Waals surface area contributed by atoms with Crippen molar-refractivity contribution in [3.8, 4) is 0 Å². The van der Waals surface area contributed by atoms with Crippen molar-refractivity contribution in [2.24, 2.45) is 0 Å². The average molecular weight is 360 g/mol. The van der Waals surface area contributed by atoms with E-state index in [0.29, 0.717) is 16.9 Å². The molecule has 0 bridgehead atoms. The zero-order valence-corrected chi connectivity index (χ0v) is 13.9. The van der Waals surface area contributed by atoms with Gasteiger partial charge in [0.15, 0.2) is 0 Å². The molecule has 0 aliphatic carbocycles. The summed E-state index contributed by atoms with van der Waals surface area (Å²) in [4.78, 5) is 0. The van der Waals surface area contributed by atoms with Crippen LogP contribution in [-0.4, -0.2) is 9.78 Å². The van der Waals surface area contributed by atoms with E-state index in [4.69, 9.17) is 11.6 Å². The summed E-state index contributed by atoms with van der Waals surface area (Å²) in [6.45, 7) is 4.81.